The maximum atomic E-state index is 12.8. The number of nitrogens with zero attached hydrogens (tertiary/aromatic N) is 2. The summed E-state index contributed by atoms with van der Waals surface area (Å²) in [7, 11) is 0. The predicted octanol–water partition coefficient (Wildman–Crippen LogP) is 3.75. The van der Waals surface area contributed by atoms with Gasteiger partial charge in [-0.25, -0.2) is 9.97 Å². The highest BCUT2D eigenvalue weighted by atomic mass is 19.4. The number of aromatic nitrogens is 2. The molecule has 0 saturated heterocycles. The van der Waals surface area contributed by atoms with Crippen LogP contribution in [0.25, 0.3) is 0 Å². The van der Waals surface area contributed by atoms with Crippen LogP contribution in [0.5, 0.6) is 0 Å². The summed E-state index contributed by atoms with van der Waals surface area (Å²) in [6.07, 6.45) is -3.06. The van der Waals surface area contributed by atoms with Gasteiger partial charge in [-0.15, -0.1) is 0 Å². The van der Waals surface area contributed by atoms with Gasteiger partial charge in [0, 0.05) is 12.1 Å². The molecule has 27 heavy (non-hydrogen) atoms. The highest BCUT2D eigenvalue weighted by Crippen LogP contribution is 2.30. The number of rotatable bonds is 6. The number of alkyl halides is 3. The Morgan fingerprint density at radius 2 is 1.85 bits per heavy atom. The second-order valence-corrected chi connectivity index (χ2v) is 6.47. The lowest BCUT2D eigenvalue weighted by atomic mass is 10.0. The maximum absolute atomic E-state index is 12.8. The van der Waals surface area contributed by atoms with Crippen LogP contribution in [0.15, 0.2) is 36.5 Å². The third kappa shape index (κ3) is 5.60. The van der Waals surface area contributed by atoms with E-state index >= 15 is 0 Å². The first-order chi connectivity index (χ1) is 12.6. The topological polar surface area (TPSA) is 72.0 Å². The molecule has 1 aromatic heterocycles. The highest BCUT2D eigenvalue weighted by molar-refractivity contribution is 5.92. The van der Waals surface area contributed by atoms with Crippen LogP contribution in [0, 0.1) is 5.92 Å². The Labute approximate surface area is 155 Å². The lowest BCUT2D eigenvalue weighted by molar-refractivity contribution is -0.137. The van der Waals surface area contributed by atoms with Gasteiger partial charge in [0.25, 0.3) is 5.91 Å². The zero-order valence-electron chi connectivity index (χ0n) is 15.2. The summed E-state index contributed by atoms with van der Waals surface area (Å²) >= 11 is 0. The van der Waals surface area contributed by atoms with Gasteiger partial charge >= 0.3 is 6.18 Å². The van der Waals surface area contributed by atoms with E-state index < -0.39 is 23.7 Å². The van der Waals surface area contributed by atoms with Crippen molar-refractivity contribution in [2.45, 2.75) is 39.4 Å². The SMILES string of the molecule is CC(C)C(=O)Cc1nccc(C(=O)N[C@H](C)c2cccc(C(F)(F)F)c2)n1. The monoisotopic (exact) mass is 379 g/mol. The van der Waals surface area contributed by atoms with Gasteiger partial charge in [0.15, 0.2) is 0 Å². The number of carbonyl (C=O) groups excluding carboxylic acids is 2. The van der Waals surface area contributed by atoms with Gasteiger partial charge in [0.05, 0.1) is 18.0 Å². The van der Waals surface area contributed by atoms with Crippen molar-refractivity contribution in [3.8, 4) is 0 Å². The largest absolute Gasteiger partial charge is 0.416 e. The molecule has 1 amide bonds. The molecule has 0 aliphatic carbocycles. The van der Waals surface area contributed by atoms with Crippen LogP contribution in [-0.4, -0.2) is 21.7 Å². The van der Waals surface area contributed by atoms with E-state index in [-0.39, 0.29) is 29.6 Å². The van der Waals surface area contributed by atoms with Crippen molar-refractivity contribution >= 4 is 11.7 Å². The predicted molar refractivity (Wildman–Crippen MR) is 92.9 cm³/mol. The van der Waals surface area contributed by atoms with Crippen LogP contribution in [0.3, 0.4) is 0 Å². The molecule has 0 fully saturated rings. The number of hydrogen-bond acceptors (Lipinski definition) is 4. The van der Waals surface area contributed by atoms with Crippen molar-refractivity contribution in [3.63, 3.8) is 0 Å². The molecule has 8 heteroatoms. The number of carbonyl (C=O) groups is 2. The molecule has 0 saturated carbocycles. The van der Waals surface area contributed by atoms with Crippen molar-refractivity contribution in [2.24, 2.45) is 5.92 Å². The second kappa shape index (κ2) is 8.28. The van der Waals surface area contributed by atoms with Crippen molar-refractivity contribution in [3.05, 3.63) is 59.2 Å². The number of hydrogen-bond donors (Lipinski definition) is 1. The summed E-state index contributed by atoms with van der Waals surface area (Å²) in [6.45, 7) is 5.10. The van der Waals surface area contributed by atoms with Crippen molar-refractivity contribution in [1.82, 2.24) is 15.3 Å². The molecular weight excluding hydrogens is 359 g/mol. The van der Waals surface area contributed by atoms with Crippen LogP contribution in [0.4, 0.5) is 13.2 Å². The van der Waals surface area contributed by atoms with Crippen LogP contribution in [0.2, 0.25) is 0 Å². The summed E-state index contributed by atoms with van der Waals surface area (Å²) in [5.41, 5.74) is -0.407. The third-order valence-electron chi connectivity index (χ3n) is 3.98. The molecule has 0 spiro atoms. The zero-order valence-corrected chi connectivity index (χ0v) is 15.2. The second-order valence-electron chi connectivity index (χ2n) is 6.47. The molecule has 1 atom stereocenters. The van der Waals surface area contributed by atoms with Crippen LogP contribution in [-0.2, 0) is 17.4 Å². The molecule has 2 rings (SSSR count). The Kier molecular flexibility index (Phi) is 6.30. The minimum Gasteiger partial charge on any atom is -0.344 e. The number of ketones is 1. The molecule has 1 aromatic carbocycles. The first-order valence-electron chi connectivity index (χ1n) is 8.40. The summed E-state index contributed by atoms with van der Waals surface area (Å²) in [5, 5.41) is 2.61. The number of nitrogens with one attached hydrogen (secondary N) is 1. The number of Topliss-reactive ketones (excluding diaryl/α,β-unsaturated/α-hetero) is 1. The van der Waals surface area contributed by atoms with Crippen LogP contribution in [0.1, 0.15) is 54.3 Å². The summed E-state index contributed by atoms with van der Waals surface area (Å²) in [4.78, 5) is 32.2. The molecule has 0 radical (unpaired) electrons. The molecule has 0 bridgehead atoms. The summed E-state index contributed by atoms with van der Waals surface area (Å²) in [5.74, 6) is -0.550. The quantitative estimate of drug-likeness (QED) is 0.830. The molecule has 5 nitrogen and oxygen atoms in total. The molecule has 1 N–H and O–H groups in total. The van der Waals surface area contributed by atoms with E-state index in [1.54, 1.807) is 20.8 Å². The number of amides is 1. The molecule has 0 aliphatic rings. The standard InChI is InChI=1S/C19H20F3N3O2/c1-11(2)16(26)10-17-23-8-7-15(25-17)18(27)24-12(3)13-5-4-6-14(9-13)19(20,21)22/h4-9,11-12H,10H2,1-3H3,(H,24,27)/t12-/m1/s1. The van der Waals surface area contributed by atoms with Gasteiger partial charge in [-0.05, 0) is 30.7 Å². The molecule has 0 unspecified atom stereocenters. The normalized spacial score (nSPS) is 12.7. The minimum absolute atomic E-state index is 0.0158. The summed E-state index contributed by atoms with van der Waals surface area (Å²) < 4.78 is 38.5. The van der Waals surface area contributed by atoms with Crippen LogP contribution >= 0.6 is 0 Å². The number of benzene rings is 1. The van der Waals surface area contributed by atoms with E-state index in [0.717, 1.165) is 12.1 Å². The summed E-state index contributed by atoms with van der Waals surface area (Å²) in [6, 6.07) is 5.50. The van der Waals surface area contributed by atoms with Gasteiger partial charge in [-0.1, -0.05) is 26.0 Å². The molecule has 2 aromatic rings. The van der Waals surface area contributed by atoms with Crippen LogP contribution < -0.4 is 5.32 Å². The minimum atomic E-state index is -4.45. The van der Waals surface area contributed by atoms with Gasteiger partial charge in [0.2, 0.25) is 0 Å². The van der Waals surface area contributed by atoms with E-state index in [4.69, 9.17) is 0 Å². The third-order valence-corrected chi connectivity index (χ3v) is 3.98. The Balaban J connectivity index is 2.12. The maximum Gasteiger partial charge on any atom is 0.416 e. The Bertz CT molecular complexity index is 835. The van der Waals surface area contributed by atoms with Crippen molar-refractivity contribution in [2.75, 3.05) is 0 Å². The van der Waals surface area contributed by atoms with Gasteiger partial charge in [0.1, 0.15) is 17.3 Å². The van der Waals surface area contributed by atoms with E-state index in [1.165, 1.54) is 24.4 Å². The Hall–Kier alpha value is -2.77. The highest BCUT2D eigenvalue weighted by Gasteiger charge is 2.30. The fourth-order valence-electron chi connectivity index (χ4n) is 2.31. The smallest absolute Gasteiger partial charge is 0.344 e. The van der Waals surface area contributed by atoms with Gasteiger partial charge in [-0.2, -0.15) is 13.2 Å². The van der Waals surface area contributed by atoms with Crippen molar-refractivity contribution in [1.29, 1.82) is 0 Å². The lowest BCUT2D eigenvalue weighted by Gasteiger charge is -2.16. The molecule has 1 heterocycles. The van der Waals surface area contributed by atoms with E-state index in [1.807, 2.05) is 0 Å². The van der Waals surface area contributed by atoms with Gasteiger partial charge < -0.3 is 5.32 Å². The lowest BCUT2D eigenvalue weighted by Crippen LogP contribution is -2.28. The Morgan fingerprint density at radius 3 is 2.48 bits per heavy atom. The molecule has 144 valence electrons. The fourth-order valence-corrected chi connectivity index (χ4v) is 2.31. The van der Waals surface area contributed by atoms with Crippen molar-refractivity contribution < 1.29 is 22.8 Å². The first kappa shape index (κ1) is 20.5. The van der Waals surface area contributed by atoms with E-state index in [0.29, 0.717) is 5.56 Å². The van der Waals surface area contributed by atoms with E-state index in [2.05, 4.69) is 15.3 Å². The van der Waals surface area contributed by atoms with Gasteiger partial charge in [-0.3, -0.25) is 9.59 Å². The van der Waals surface area contributed by atoms with E-state index in [9.17, 15) is 22.8 Å². The zero-order chi connectivity index (χ0) is 20.2. The molecule has 0 aliphatic heterocycles. The average molecular weight is 379 g/mol. The molecular formula is C19H20F3N3O2. The number of halogens is 3. The Morgan fingerprint density at radius 1 is 1.15 bits per heavy atom. The fraction of sp³-hybridized carbons (Fsp3) is 0.368. The first-order valence-corrected chi connectivity index (χ1v) is 8.40. The average Bonchev–Trinajstić information content (AvgIpc) is 2.61.